The van der Waals surface area contributed by atoms with Gasteiger partial charge in [-0.15, -0.1) is 0 Å². The number of nitrogens with zero attached hydrogens (tertiary/aromatic N) is 1. The second-order valence-corrected chi connectivity index (χ2v) is 6.89. The van der Waals surface area contributed by atoms with Crippen LogP contribution in [-0.2, 0) is 0 Å². The van der Waals surface area contributed by atoms with Crippen LogP contribution in [0.2, 0.25) is 0 Å². The van der Waals surface area contributed by atoms with Crippen LogP contribution in [0.4, 0.5) is 17.3 Å². The Kier molecular flexibility index (Phi) is 6.93. The highest BCUT2D eigenvalue weighted by atomic mass is 79.9. The van der Waals surface area contributed by atoms with Gasteiger partial charge < -0.3 is 26.7 Å². The number of pyridine rings is 1. The third kappa shape index (κ3) is 5.37. The summed E-state index contributed by atoms with van der Waals surface area (Å²) in [4.78, 5) is 0. The lowest BCUT2D eigenvalue weighted by atomic mass is 10.1. The molecule has 0 bridgehead atoms. The molecule has 0 aliphatic carbocycles. The van der Waals surface area contributed by atoms with E-state index in [1.807, 2.05) is 12.1 Å². The monoisotopic (exact) mass is 459 g/mol. The summed E-state index contributed by atoms with van der Waals surface area (Å²) in [5, 5.41) is 2.21. The molecule has 0 atom stereocenters. The summed E-state index contributed by atoms with van der Waals surface area (Å²) in [6.07, 6.45) is 0. The molecule has 150 valence electrons. The Labute approximate surface area is 169 Å². The van der Waals surface area contributed by atoms with Gasteiger partial charge in [0.15, 0.2) is 11.4 Å². The van der Waals surface area contributed by atoms with E-state index in [9.17, 15) is 17.3 Å². The molecule has 2 aromatic carbocycles. The third-order valence-electron chi connectivity index (χ3n) is 4.06. The molecule has 0 spiro atoms. The average molecular weight is 460 g/mol. The van der Waals surface area contributed by atoms with Gasteiger partial charge in [0.05, 0.1) is 19.6 Å². The normalized spacial score (nSPS) is 11.0. The summed E-state index contributed by atoms with van der Waals surface area (Å²) in [5.74, 6) is 1.62. The van der Waals surface area contributed by atoms with Gasteiger partial charge in [-0.3, -0.25) is 0 Å². The number of methoxy groups -OCH3 is 2. The van der Waals surface area contributed by atoms with Crippen molar-refractivity contribution in [2.75, 3.05) is 14.2 Å². The molecule has 0 saturated heterocycles. The smallest absolute Gasteiger partial charge is 0.497 e. The number of hydrogen-bond donors (Lipinski definition) is 0. The second-order valence-electron chi connectivity index (χ2n) is 5.97. The zero-order valence-corrected chi connectivity index (χ0v) is 17.4. The number of aromatic nitrogens is 1. The van der Waals surface area contributed by atoms with Crippen LogP contribution >= 0.6 is 15.9 Å². The lowest BCUT2D eigenvalue weighted by molar-refractivity contribution is -0.607. The van der Waals surface area contributed by atoms with E-state index in [1.165, 1.54) is 0 Å². The summed E-state index contributed by atoms with van der Waals surface area (Å²) in [7, 11) is -2.64. The van der Waals surface area contributed by atoms with Gasteiger partial charge in [-0.1, -0.05) is 15.9 Å². The van der Waals surface area contributed by atoms with Crippen LogP contribution in [0.25, 0.3) is 16.5 Å². The number of fused-ring (bicyclic) bond motifs is 1. The van der Waals surface area contributed by atoms with Crippen LogP contribution in [0.3, 0.4) is 0 Å². The van der Waals surface area contributed by atoms with Crippen LogP contribution < -0.4 is 14.0 Å². The van der Waals surface area contributed by atoms with E-state index in [2.05, 4.69) is 64.7 Å². The maximum atomic E-state index is 9.75. The second kappa shape index (κ2) is 8.81. The fourth-order valence-electron chi connectivity index (χ4n) is 3.04. The van der Waals surface area contributed by atoms with E-state index in [0.717, 1.165) is 43.8 Å². The number of hydrogen-bond acceptors (Lipinski definition) is 2. The van der Waals surface area contributed by atoms with E-state index in [4.69, 9.17) is 9.47 Å². The average Bonchev–Trinajstić information content (AvgIpc) is 2.60. The quantitative estimate of drug-likeness (QED) is 0.280. The minimum atomic E-state index is -6.00. The van der Waals surface area contributed by atoms with E-state index in [-0.39, 0.29) is 0 Å². The first kappa shape index (κ1) is 22.0. The standard InChI is InChI=1S/C19H19BrNO2.BF4/c1-12-9-14-10-17(22-3)11-18(23-4)19(14)13(2)21(12)16-7-5-15(20)6-8-16;2-1(3,4)5/h5-11H,1-4H3;/q+1;-1. The molecule has 3 rings (SSSR count). The lowest BCUT2D eigenvalue weighted by Gasteiger charge is -2.12. The van der Waals surface area contributed by atoms with Gasteiger partial charge in [0, 0.05) is 48.0 Å². The first-order chi connectivity index (χ1) is 13.0. The number of halogens is 5. The summed E-state index contributed by atoms with van der Waals surface area (Å²) >= 11 is 3.49. The number of aryl methyl sites for hydroxylation is 2. The zero-order chi connectivity index (χ0) is 21.1. The number of rotatable bonds is 3. The zero-order valence-electron chi connectivity index (χ0n) is 15.8. The largest absolute Gasteiger partial charge is 0.673 e. The van der Waals surface area contributed by atoms with Crippen LogP contribution in [-0.4, -0.2) is 21.5 Å². The van der Waals surface area contributed by atoms with Gasteiger partial charge in [0.1, 0.15) is 11.5 Å². The van der Waals surface area contributed by atoms with E-state index in [0.29, 0.717) is 0 Å². The molecule has 0 aliphatic heterocycles. The van der Waals surface area contributed by atoms with Gasteiger partial charge in [-0.25, -0.2) is 0 Å². The van der Waals surface area contributed by atoms with Crippen molar-refractivity contribution in [2.24, 2.45) is 0 Å². The predicted molar refractivity (Wildman–Crippen MR) is 106 cm³/mol. The van der Waals surface area contributed by atoms with Crippen molar-refractivity contribution in [3.63, 3.8) is 0 Å². The topological polar surface area (TPSA) is 22.3 Å². The minimum Gasteiger partial charge on any atom is -0.497 e. The third-order valence-corrected chi connectivity index (χ3v) is 4.59. The molecule has 3 nitrogen and oxygen atoms in total. The molecule has 0 fully saturated rings. The summed E-state index contributed by atoms with van der Waals surface area (Å²) in [6.45, 7) is 4.23. The highest BCUT2D eigenvalue weighted by Gasteiger charge is 2.21. The maximum Gasteiger partial charge on any atom is 0.673 e. The van der Waals surface area contributed by atoms with Gasteiger partial charge in [0.2, 0.25) is 5.69 Å². The molecular weight excluding hydrogens is 441 g/mol. The van der Waals surface area contributed by atoms with Crippen molar-refractivity contribution >= 4 is 34.0 Å². The molecule has 1 aromatic heterocycles. The molecule has 0 radical (unpaired) electrons. The predicted octanol–water partition coefficient (Wildman–Crippen LogP) is 5.81. The lowest BCUT2D eigenvalue weighted by Crippen LogP contribution is -2.37. The Morgan fingerprint density at radius 2 is 1.46 bits per heavy atom. The number of ether oxygens (including phenoxy) is 2. The van der Waals surface area contributed by atoms with Gasteiger partial charge in [-0.2, -0.15) is 4.57 Å². The number of benzene rings is 2. The van der Waals surface area contributed by atoms with E-state index in [1.54, 1.807) is 14.2 Å². The molecule has 9 heteroatoms. The molecular formula is C19H19BBrF4NO2. The van der Waals surface area contributed by atoms with Gasteiger partial charge in [-0.05, 0) is 18.2 Å². The fraction of sp³-hybridized carbons (Fsp3) is 0.211. The van der Waals surface area contributed by atoms with E-state index >= 15 is 0 Å². The maximum absolute atomic E-state index is 9.75. The van der Waals surface area contributed by atoms with Crippen LogP contribution in [0.1, 0.15) is 11.4 Å². The summed E-state index contributed by atoms with van der Waals surface area (Å²) < 4.78 is 53.3. The Bertz CT molecular complexity index is 973. The molecule has 0 unspecified atom stereocenters. The molecule has 28 heavy (non-hydrogen) atoms. The van der Waals surface area contributed by atoms with Gasteiger partial charge in [0.25, 0.3) is 0 Å². The van der Waals surface area contributed by atoms with E-state index < -0.39 is 7.25 Å². The van der Waals surface area contributed by atoms with Crippen molar-refractivity contribution in [1.29, 1.82) is 0 Å². The highest BCUT2D eigenvalue weighted by molar-refractivity contribution is 9.10. The first-order valence-electron chi connectivity index (χ1n) is 8.26. The SMILES string of the molecule is COc1cc(OC)c2c(C)[n+](-c3ccc(Br)cc3)c(C)cc2c1.F[B-](F)(F)F. The summed E-state index contributed by atoms with van der Waals surface area (Å²) in [6, 6.07) is 14.4. The summed E-state index contributed by atoms with van der Waals surface area (Å²) in [5.41, 5.74) is 3.43. The highest BCUT2D eigenvalue weighted by Crippen LogP contribution is 2.33. The fourth-order valence-corrected chi connectivity index (χ4v) is 3.31. The molecule has 0 amide bonds. The molecule has 0 saturated carbocycles. The van der Waals surface area contributed by atoms with Crippen LogP contribution in [0.5, 0.6) is 11.5 Å². The van der Waals surface area contributed by atoms with Crippen molar-refractivity contribution in [3.05, 3.63) is 58.3 Å². The molecule has 3 aromatic rings. The van der Waals surface area contributed by atoms with Crippen molar-refractivity contribution in [3.8, 4) is 17.2 Å². The Morgan fingerprint density at radius 3 is 1.96 bits per heavy atom. The Hall–Kier alpha value is -2.29. The Morgan fingerprint density at radius 1 is 0.893 bits per heavy atom. The van der Waals surface area contributed by atoms with Gasteiger partial charge >= 0.3 is 7.25 Å². The molecule has 0 N–H and O–H groups in total. The molecule has 1 heterocycles. The van der Waals surface area contributed by atoms with Crippen LogP contribution in [0, 0.1) is 13.8 Å². The van der Waals surface area contributed by atoms with Crippen molar-refractivity contribution in [1.82, 2.24) is 0 Å². The Balaban J connectivity index is 0.000000500. The van der Waals surface area contributed by atoms with Crippen molar-refractivity contribution < 1.29 is 31.3 Å². The van der Waals surface area contributed by atoms with Crippen molar-refractivity contribution in [2.45, 2.75) is 13.8 Å². The first-order valence-corrected chi connectivity index (χ1v) is 9.05. The minimum absolute atomic E-state index is 0.801. The van der Waals surface area contributed by atoms with Crippen LogP contribution in [0.15, 0.2) is 46.9 Å². The molecule has 0 aliphatic rings.